The molecule has 218 valence electrons. The average Bonchev–Trinajstić information content (AvgIpc) is 2.98. The first-order valence-corrected chi connectivity index (χ1v) is 14.6. The zero-order valence-corrected chi connectivity index (χ0v) is 24.5. The van der Waals surface area contributed by atoms with Gasteiger partial charge >= 0.3 is 6.03 Å². The van der Waals surface area contributed by atoms with Crippen molar-refractivity contribution in [1.82, 2.24) is 10.2 Å². The largest absolute Gasteiger partial charge is 0.490 e. The minimum Gasteiger partial charge on any atom is -0.490 e. The summed E-state index contributed by atoms with van der Waals surface area (Å²) in [5.41, 5.74) is 1.92. The van der Waals surface area contributed by atoms with Gasteiger partial charge in [-0.2, -0.15) is 0 Å². The van der Waals surface area contributed by atoms with E-state index in [-0.39, 0.29) is 24.1 Å². The van der Waals surface area contributed by atoms with Crippen LogP contribution in [-0.4, -0.2) is 48.1 Å². The Bertz CT molecular complexity index is 1250. The van der Waals surface area contributed by atoms with Crippen LogP contribution in [0.2, 0.25) is 0 Å². The number of hydrogen-bond donors (Lipinski definition) is 3. The molecule has 1 aliphatic rings. The van der Waals surface area contributed by atoms with Crippen LogP contribution >= 0.6 is 0 Å². The summed E-state index contributed by atoms with van der Waals surface area (Å²) in [7, 11) is 0. The maximum atomic E-state index is 12.8. The second-order valence-corrected chi connectivity index (χ2v) is 10.7. The van der Waals surface area contributed by atoms with Gasteiger partial charge in [-0.3, -0.25) is 4.79 Å². The summed E-state index contributed by atoms with van der Waals surface area (Å²) in [5, 5.41) is 8.72. The van der Waals surface area contributed by atoms with Crippen molar-refractivity contribution in [2.45, 2.75) is 71.6 Å². The number of amides is 3. The monoisotopic (exact) mass is 558 g/mol. The van der Waals surface area contributed by atoms with Crippen LogP contribution in [0.3, 0.4) is 0 Å². The smallest absolute Gasteiger partial charge is 0.319 e. The molecule has 0 aliphatic carbocycles. The van der Waals surface area contributed by atoms with E-state index in [4.69, 9.17) is 9.47 Å². The van der Waals surface area contributed by atoms with Crippen molar-refractivity contribution in [3.63, 3.8) is 0 Å². The topological polar surface area (TPSA) is 91.9 Å². The third-order valence-electron chi connectivity index (χ3n) is 7.41. The first-order chi connectivity index (χ1) is 19.8. The van der Waals surface area contributed by atoms with Crippen molar-refractivity contribution in [2.75, 3.05) is 23.7 Å². The number of carbonyl (C=O) groups is 2. The van der Waals surface area contributed by atoms with Gasteiger partial charge in [-0.15, -0.1) is 0 Å². The molecule has 0 bridgehead atoms. The Morgan fingerprint density at radius 3 is 1.80 bits per heavy atom. The number of rotatable bonds is 11. The van der Waals surface area contributed by atoms with Gasteiger partial charge in [0.05, 0.1) is 0 Å². The summed E-state index contributed by atoms with van der Waals surface area (Å²) in [5.74, 6) is 1.88. The Balaban J connectivity index is 1.23. The quantitative estimate of drug-likeness (QED) is 0.230. The fraction of sp³-hybridized carbons (Fsp3) is 0.394. The fourth-order valence-electron chi connectivity index (χ4n) is 4.78. The van der Waals surface area contributed by atoms with E-state index < -0.39 is 0 Å². The van der Waals surface area contributed by atoms with Crippen molar-refractivity contribution in [3.8, 4) is 17.2 Å². The number of anilines is 2. The molecule has 1 heterocycles. The van der Waals surface area contributed by atoms with Crippen LogP contribution in [0.5, 0.6) is 17.2 Å². The molecule has 0 atom stereocenters. The molecule has 3 N–H and O–H groups in total. The van der Waals surface area contributed by atoms with E-state index in [1.807, 2.05) is 26.0 Å². The zero-order chi connectivity index (χ0) is 29.2. The van der Waals surface area contributed by atoms with Gasteiger partial charge in [0.25, 0.3) is 5.91 Å². The van der Waals surface area contributed by atoms with Gasteiger partial charge in [0.2, 0.25) is 0 Å². The third-order valence-corrected chi connectivity index (χ3v) is 7.41. The number of piperidine rings is 1. The van der Waals surface area contributed by atoms with Crippen LogP contribution in [0.1, 0.15) is 63.7 Å². The zero-order valence-electron chi connectivity index (χ0n) is 24.5. The van der Waals surface area contributed by atoms with Crippen molar-refractivity contribution in [2.24, 2.45) is 0 Å². The van der Waals surface area contributed by atoms with Crippen molar-refractivity contribution < 1.29 is 19.1 Å². The van der Waals surface area contributed by atoms with E-state index in [0.717, 1.165) is 44.5 Å². The Labute approximate surface area is 243 Å². The standard InChI is InChI=1S/C33H42N4O4/c1-5-25(6-2)35-33(39)36-27-11-17-30(18-12-27)40-29-15-9-26(10-16-29)34-32(38)24-7-13-28(14-8-24)41-31-19-21-37(22-20-31)23(3)4/h7-18,23,25,31H,5-6,19-22H2,1-4H3,(H,34,38)(H2,35,36,39). The highest BCUT2D eigenvalue weighted by atomic mass is 16.5. The fourth-order valence-corrected chi connectivity index (χ4v) is 4.78. The molecule has 0 spiro atoms. The van der Waals surface area contributed by atoms with Crippen LogP contribution in [0.15, 0.2) is 72.8 Å². The molecule has 3 aromatic rings. The summed E-state index contributed by atoms with van der Waals surface area (Å²) in [6.07, 6.45) is 4.02. The minimum atomic E-state index is -0.216. The summed E-state index contributed by atoms with van der Waals surface area (Å²) < 4.78 is 12.1. The lowest BCUT2D eigenvalue weighted by Crippen LogP contribution is -2.41. The maximum Gasteiger partial charge on any atom is 0.319 e. The van der Waals surface area contributed by atoms with Crippen molar-refractivity contribution in [3.05, 3.63) is 78.4 Å². The van der Waals surface area contributed by atoms with E-state index in [1.165, 1.54) is 0 Å². The SMILES string of the molecule is CCC(CC)NC(=O)Nc1ccc(Oc2ccc(NC(=O)c3ccc(OC4CCN(C(C)C)CC4)cc3)cc2)cc1. The Hall–Kier alpha value is -4.04. The molecule has 4 rings (SSSR count). The Kier molecular flexibility index (Phi) is 10.6. The molecular weight excluding hydrogens is 516 g/mol. The molecule has 1 saturated heterocycles. The number of nitrogens with one attached hydrogen (secondary N) is 3. The Morgan fingerprint density at radius 1 is 0.780 bits per heavy atom. The van der Waals surface area contributed by atoms with E-state index in [1.54, 1.807) is 60.7 Å². The first kappa shape index (κ1) is 29.9. The lowest BCUT2D eigenvalue weighted by molar-refractivity contribution is 0.0843. The predicted octanol–water partition coefficient (Wildman–Crippen LogP) is 7.29. The van der Waals surface area contributed by atoms with Gasteiger partial charge in [0.15, 0.2) is 0 Å². The molecule has 0 radical (unpaired) electrons. The molecular formula is C33H42N4O4. The second kappa shape index (κ2) is 14.6. The predicted molar refractivity (Wildman–Crippen MR) is 164 cm³/mol. The second-order valence-electron chi connectivity index (χ2n) is 10.7. The van der Waals surface area contributed by atoms with E-state index in [9.17, 15) is 9.59 Å². The minimum absolute atomic E-state index is 0.161. The van der Waals surface area contributed by atoms with Crippen LogP contribution in [0, 0.1) is 0 Å². The number of ether oxygens (including phenoxy) is 2. The van der Waals surface area contributed by atoms with Crippen LogP contribution < -0.4 is 25.4 Å². The van der Waals surface area contributed by atoms with Gasteiger partial charge in [0.1, 0.15) is 23.4 Å². The number of hydrogen-bond acceptors (Lipinski definition) is 5. The van der Waals surface area contributed by atoms with Crippen molar-refractivity contribution in [1.29, 1.82) is 0 Å². The van der Waals surface area contributed by atoms with Gasteiger partial charge in [-0.1, -0.05) is 13.8 Å². The summed E-state index contributed by atoms with van der Waals surface area (Å²) in [6.45, 7) is 10.7. The van der Waals surface area contributed by atoms with E-state index in [2.05, 4.69) is 34.7 Å². The third kappa shape index (κ3) is 8.98. The molecule has 8 nitrogen and oxygen atoms in total. The number of nitrogens with zero attached hydrogens (tertiary/aromatic N) is 1. The highest BCUT2D eigenvalue weighted by molar-refractivity contribution is 6.04. The lowest BCUT2D eigenvalue weighted by atomic mass is 10.1. The highest BCUT2D eigenvalue weighted by Crippen LogP contribution is 2.25. The van der Waals surface area contributed by atoms with Gasteiger partial charge < -0.3 is 30.3 Å². The number of carbonyl (C=O) groups excluding carboxylic acids is 2. The molecule has 3 aromatic carbocycles. The van der Waals surface area contributed by atoms with Crippen LogP contribution in [0.4, 0.5) is 16.2 Å². The molecule has 1 aliphatic heterocycles. The van der Waals surface area contributed by atoms with Crippen molar-refractivity contribution >= 4 is 23.3 Å². The summed E-state index contributed by atoms with van der Waals surface area (Å²) in [4.78, 5) is 27.4. The molecule has 0 saturated carbocycles. The molecule has 1 fully saturated rings. The average molecular weight is 559 g/mol. The summed E-state index contributed by atoms with van der Waals surface area (Å²) in [6, 6.07) is 22.2. The van der Waals surface area contributed by atoms with E-state index >= 15 is 0 Å². The normalized spacial score (nSPS) is 14.1. The molecule has 3 amide bonds. The van der Waals surface area contributed by atoms with Crippen LogP contribution in [-0.2, 0) is 0 Å². The van der Waals surface area contributed by atoms with Gasteiger partial charge in [-0.25, -0.2) is 4.79 Å². The van der Waals surface area contributed by atoms with Crippen LogP contribution in [0.25, 0.3) is 0 Å². The number of benzene rings is 3. The lowest BCUT2D eigenvalue weighted by Gasteiger charge is -2.34. The summed E-state index contributed by atoms with van der Waals surface area (Å²) >= 11 is 0. The molecule has 41 heavy (non-hydrogen) atoms. The molecule has 0 aromatic heterocycles. The number of urea groups is 1. The van der Waals surface area contributed by atoms with Gasteiger partial charge in [-0.05, 0) is 112 Å². The van der Waals surface area contributed by atoms with E-state index in [0.29, 0.717) is 34.5 Å². The Morgan fingerprint density at radius 2 is 1.29 bits per heavy atom. The van der Waals surface area contributed by atoms with Gasteiger partial charge in [0, 0.05) is 42.1 Å². The molecule has 0 unspecified atom stereocenters. The number of likely N-dealkylation sites (tertiary alicyclic amines) is 1. The first-order valence-electron chi connectivity index (χ1n) is 14.6. The maximum absolute atomic E-state index is 12.8. The molecule has 8 heteroatoms. The highest BCUT2D eigenvalue weighted by Gasteiger charge is 2.22.